The lowest BCUT2D eigenvalue weighted by Gasteiger charge is -2.14. The number of hydrogen-bond acceptors (Lipinski definition) is 2. The molecule has 5 rings (SSSR count). The van der Waals surface area contributed by atoms with E-state index in [-0.39, 0.29) is 17.2 Å². The summed E-state index contributed by atoms with van der Waals surface area (Å²) >= 11 is 1.59. The van der Waals surface area contributed by atoms with Crippen molar-refractivity contribution in [2.24, 2.45) is 0 Å². The normalized spacial score (nSPS) is 12.3. The summed E-state index contributed by atoms with van der Waals surface area (Å²) in [5, 5.41) is 0.887. The third-order valence-electron chi connectivity index (χ3n) is 5.56. The predicted molar refractivity (Wildman–Crippen MR) is 126 cm³/mol. The first-order chi connectivity index (χ1) is 16.6. The summed E-state index contributed by atoms with van der Waals surface area (Å²) in [6.07, 6.45) is -9.78. The SMILES string of the molecule is FC(F)(F)c1cc(-c2ccc(-c3ccc(-c4nc5ccccc5s4)cc3)cc2)cc(C(F)(F)F)c1. The van der Waals surface area contributed by atoms with E-state index in [0.29, 0.717) is 0 Å². The van der Waals surface area contributed by atoms with Crippen molar-refractivity contribution in [2.45, 2.75) is 12.4 Å². The Hall–Kier alpha value is -3.65. The average Bonchev–Trinajstić information content (AvgIpc) is 3.27. The van der Waals surface area contributed by atoms with Crippen LogP contribution in [0.15, 0.2) is 91.0 Å². The molecule has 35 heavy (non-hydrogen) atoms. The van der Waals surface area contributed by atoms with Gasteiger partial charge in [0.15, 0.2) is 0 Å². The molecule has 4 aromatic carbocycles. The summed E-state index contributed by atoms with van der Waals surface area (Å²) in [6.45, 7) is 0. The third kappa shape index (κ3) is 4.79. The van der Waals surface area contributed by atoms with Gasteiger partial charge in [0.1, 0.15) is 5.01 Å². The summed E-state index contributed by atoms with van der Waals surface area (Å²) in [6, 6.07) is 23.5. The molecule has 0 spiro atoms. The van der Waals surface area contributed by atoms with Crippen molar-refractivity contribution in [1.29, 1.82) is 0 Å². The molecule has 0 aliphatic heterocycles. The molecule has 8 heteroatoms. The Morgan fingerprint density at radius 3 is 1.46 bits per heavy atom. The van der Waals surface area contributed by atoms with Gasteiger partial charge in [0.05, 0.1) is 21.3 Å². The Balaban J connectivity index is 1.44. The van der Waals surface area contributed by atoms with Crippen LogP contribution in [0.4, 0.5) is 26.3 Å². The van der Waals surface area contributed by atoms with Crippen LogP contribution < -0.4 is 0 Å². The second-order valence-electron chi connectivity index (χ2n) is 7.94. The second kappa shape index (κ2) is 8.53. The number of hydrogen-bond donors (Lipinski definition) is 0. The van der Waals surface area contributed by atoms with E-state index in [4.69, 9.17) is 0 Å². The molecule has 0 bridgehead atoms. The van der Waals surface area contributed by atoms with E-state index >= 15 is 0 Å². The van der Waals surface area contributed by atoms with Crippen molar-refractivity contribution >= 4 is 21.6 Å². The highest BCUT2D eigenvalue weighted by atomic mass is 32.1. The Morgan fingerprint density at radius 1 is 0.514 bits per heavy atom. The maximum absolute atomic E-state index is 13.2. The molecule has 0 saturated carbocycles. The number of aromatic nitrogens is 1. The number of benzene rings is 4. The fourth-order valence-electron chi connectivity index (χ4n) is 3.78. The molecule has 1 heterocycles. The van der Waals surface area contributed by atoms with Gasteiger partial charge in [-0.05, 0) is 52.6 Å². The summed E-state index contributed by atoms with van der Waals surface area (Å²) < 4.78 is 80.2. The van der Waals surface area contributed by atoms with E-state index in [1.165, 1.54) is 12.1 Å². The van der Waals surface area contributed by atoms with E-state index in [0.717, 1.165) is 44.0 Å². The lowest BCUT2D eigenvalue weighted by Crippen LogP contribution is -2.11. The van der Waals surface area contributed by atoms with Gasteiger partial charge >= 0.3 is 12.4 Å². The van der Waals surface area contributed by atoms with E-state index in [2.05, 4.69) is 4.98 Å². The van der Waals surface area contributed by atoms with Crippen LogP contribution >= 0.6 is 11.3 Å². The minimum Gasteiger partial charge on any atom is -0.236 e. The molecule has 0 aliphatic rings. The van der Waals surface area contributed by atoms with Crippen LogP contribution in [0.2, 0.25) is 0 Å². The van der Waals surface area contributed by atoms with E-state index in [1.807, 2.05) is 48.5 Å². The number of rotatable bonds is 3. The number of thiazole rings is 1. The molecule has 0 unspecified atom stereocenters. The van der Waals surface area contributed by atoms with Gasteiger partial charge in [-0.1, -0.05) is 60.7 Å². The van der Waals surface area contributed by atoms with Crippen LogP contribution in [0, 0.1) is 0 Å². The highest BCUT2D eigenvalue weighted by Crippen LogP contribution is 2.39. The highest BCUT2D eigenvalue weighted by molar-refractivity contribution is 7.21. The standard InChI is InChI=1S/C27H15F6NS/c28-26(29,30)21-13-20(14-22(15-21)27(31,32)33)18-7-5-16(6-8-18)17-9-11-19(12-10-17)25-34-23-3-1-2-4-24(23)35-25/h1-15H. The molecular weight excluding hydrogens is 484 g/mol. The van der Waals surface area contributed by atoms with Gasteiger partial charge in [0, 0.05) is 5.56 Å². The van der Waals surface area contributed by atoms with Crippen molar-refractivity contribution in [2.75, 3.05) is 0 Å². The van der Waals surface area contributed by atoms with Gasteiger partial charge in [-0.3, -0.25) is 0 Å². The monoisotopic (exact) mass is 499 g/mol. The summed E-state index contributed by atoms with van der Waals surface area (Å²) in [7, 11) is 0. The Kier molecular flexibility index (Phi) is 5.63. The minimum absolute atomic E-state index is 0.130. The van der Waals surface area contributed by atoms with Gasteiger partial charge in [0.25, 0.3) is 0 Å². The first-order valence-corrected chi connectivity index (χ1v) is 11.3. The van der Waals surface area contributed by atoms with E-state index in [9.17, 15) is 26.3 Å². The molecule has 0 saturated heterocycles. The Bertz CT molecular complexity index is 1430. The van der Waals surface area contributed by atoms with Crippen LogP contribution in [0.1, 0.15) is 11.1 Å². The average molecular weight is 499 g/mol. The molecule has 1 nitrogen and oxygen atoms in total. The summed E-state index contributed by atoms with van der Waals surface area (Å²) in [4.78, 5) is 4.64. The Labute approximate surface area is 200 Å². The fraction of sp³-hybridized carbons (Fsp3) is 0.0741. The number of alkyl halides is 6. The zero-order valence-corrected chi connectivity index (χ0v) is 18.6. The number of nitrogens with zero attached hydrogens (tertiary/aromatic N) is 1. The first-order valence-electron chi connectivity index (χ1n) is 10.4. The molecule has 0 aliphatic carbocycles. The maximum atomic E-state index is 13.2. The van der Waals surface area contributed by atoms with Crippen molar-refractivity contribution in [3.63, 3.8) is 0 Å². The lowest BCUT2D eigenvalue weighted by atomic mass is 9.96. The molecule has 0 atom stereocenters. The van der Waals surface area contributed by atoms with E-state index in [1.54, 1.807) is 23.5 Å². The van der Waals surface area contributed by atoms with Gasteiger partial charge in [-0.2, -0.15) is 26.3 Å². The Morgan fingerprint density at radius 2 is 0.971 bits per heavy atom. The van der Waals surface area contributed by atoms with Crippen molar-refractivity contribution in [1.82, 2.24) is 4.98 Å². The van der Waals surface area contributed by atoms with Crippen LogP contribution in [-0.4, -0.2) is 4.98 Å². The summed E-state index contributed by atoms with van der Waals surface area (Å²) in [5.74, 6) is 0. The zero-order chi connectivity index (χ0) is 24.8. The zero-order valence-electron chi connectivity index (χ0n) is 17.8. The molecule has 0 N–H and O–H groups in total. The third-order valence-corrected chi connectivity index (χ3v) is 6.65. The quantitative estimate of drug-likeness (QED) is 0.225. The van der Waals surface area contributed by atoms with Crippen molar-refractivity contribution < 1.29 is 26.3 Å². The second-order valence-corrected chi connectivity index (χ2v) is 8.97. The smallest absolute Gasteiger partial charge is 0.236 e. The largest absolute Gasteiger partial charge is 0.416 e. The summed E-state index contributed by atoms with van der Waals surface area (Å²) in [5.41, 5.74) is 0.967. The highest BCUT2D eigenvalue weighted by Gasteiger charge is 2.37. The first kappa shape index (κ1) is 23.1. The molecule has 1 aromatic heterocycles. The predicted octanol–water partition coefficient (Wildman–Crippen LogP) is 9.33. The van der Waals surface area contributed by atoms with Crippen LogP contribution in [0.5, 0.6) is 0 Å². The molecule has 0 amide bonds. The van der Waals surface area contributed by atoms with E-state index < -0.39 is 23.5 Å². The molecular formula is C27H15F6NS. The van der Waals surface area contributed by atoms with Crippen molar-refractivity contribution in [3.05, 3.63) is 102 Å². The van der Waals surface area contributed by atoms with Crippen molar-refractivity contribution in [3.8, 4) is 32.8 Å². The lowest BCUT2D eigenvalue weighted by molar-refractivity contribution is -0.143. The van der Waals surface area contributed by atoms with Gasteiger partial charge in [-0.15, -0.1) is 11.3 Å². The maximum Gasteiger partial charge on any atom is 0.416 e. The molecule has 0 fully saturated rings. The van der Waals surface area contributed by atoms with Gasteiger partial charge < -0.3 is 0 Å². The fourth-order valence-corrected chi connectivity index (χ4v) is 4.75. The van der Waals surface area contributed by atoms with Crippen LogP contribution in [0.3, 0.4) is 0 Å². The van der Waals surface area contributed by atoms with Crippen LogP contribution in [0.25, 0.3) is 43.0 Å². The number of para-hydroxylation sites is 1. The number of halogens is 6. The topological polar surface area (TPSA) is 12.9 Å². The van der Waals surface area contributed by atoms with Gasteiger partial charge in [0.2, 0.25) is 0 Å². The molecule has 5 aromatic rings. The minimum atomic E-state index is -4.89. The molecule has 0 radical (unpaired) electrons. The number of fused-ring (bicyclic) bond motifs is 1. The van der Waals surface area contributed by atoms with Crippen LogP contribution in [-0.2, 0) is 12.4 Å². The molecule has 176 valence electrons. The van der Waals surface area contributed by atoms with Gasteiger partial charge in [-0.25, -0.2) is 4.98 Å².